The number of rotatable bonds is 2. The van der Waals surface area contributed by atoms with Gasteiger partial charge < -0.3 is 9.32 Å². The van der Waals surface area contributed by atoms with E-state index in [0.29, 0.717) is 17.9 Å². The first-order valence-electron chi connectivity index (χ1n) is 5.42. The molecule has 1 aromatic heterocycles. The fourth-order valence-electron chi connectivity index (χ4n) is 1.89. The van der Waals surface area contributed by atoms with Crippen LogP contribution in [0.25, 0.3) is 0 Å². The Morgan fingerprint density at radius 1 is 1.47 bits per heavy atom. The number of nitrogens with zero attached hydrogens (tertiary/aromatic N) is 3. The number of piperidine rings is 1. The van der Waals surface area contributed by atoms with E-state index in [-0.39, 0.29) is 5.38 Å². The highest BCUT2D eigenvalue weighted by molar-refractivity contribution is 6.20. The Morgan fingerprint density at radius 2 is 2.27 bits per heavy atom. The molecule has 84 valence electrons. The minimum absolute atomic E-state index is 0.216. The number of alkyl halides is 1. The predicted molar refractivity (Wildman–Crippen MR) is 59.2 cm³/mol. The van der Waals surface area contributed by atoms with E-state index in [1.54, 1.807) is 0 Å². The molecule has 1 saturated heterocycles. The number of anilines is 1. The van der Waals surface area contributed by atoms with Crippen LogP contribution in [0.3, 0.4) is 0 Å². The van der Waals surface area contributed by atoms with Gasteiger partial charge in [0, 0.05) is 12.6 Å². The molecule has 1 aromatic rings. The van der Waals surface area contributed by atoms with Gasteiger partial charge in [-0.1, -0.05) is 5.10 Å². The molecule has 4 nitrogen and oxygen atoms in total. The minimum Gasteiger partial charge on any atom is -0.406 e. The Kier molecular flexibility index (Phi) is 3.14. The molecule has 0 bridgehead atoms. The fraction of sp³-hybridized carbons (Fsp3) is 0.800. The molecular weight excluding hydrogens is 214 g/mol. The largest absolute Gasteiger partial charge is 0.406 e. The molecule has 1 fully saturated rings. The van der Waals surface area contributed by atoms with Crippen LogP contribution in [-0.2, 0) is 0 Å². The van der Waals surface area contributed by atoms with Gasteiger partial charge in [-0.25, -0.2) is 0 Å². The molecule has 15 heavy (non-hydrogen) atoms. The molecule has 0 aliphatic carbocycles. The predicted octanol–water partition coefficient (Wildman–Crippen LogP) is 2.75. The first kappa shape index (κ1) is 10.7. The molecule has 2 atom stereocenters. The average molecular weight is 230 g/mol. The van der Waals surface area contributed by atoms with Crippen molar-refractivity contribution in [2.75, 3.05) is 11.4 Å². The van der Waals surface area contributed by atoms with Crippen molar-refractivity contribution < 1.29 is 4.42 Å². The van der Waals surface area contributed by atoms with E-state index in [1.807, 2.05) is 6.92 Å². The summed E-state index contributed by atoms with van der Waals surface area (Å²) in [6, 6.07) is 1.10. The molecule has 5 heteroatoms. The summed E-state index contributed by atoms with van der Waals surface area (Å²) in [5, 5.41) is 7.76. The molecule has 0 N–H and O–H groups in total. The van der Waals surface area contributed by atoms with Crippen LogP contribution in [0, 0.1) is 0 Å². The lowest BCUT2D eigenvalue weighted by Crippen LogP contribution is -2.37. The molecule has 1 aliphatic rings. The smallest absolute Gasteiger partial charge is 0.318 e. The number of aromatic nitrogens is 2. The van der Waals surface area contributed by atoms with Crippen LogP contribution in [0.15, 0.2) is 4.42 Å². The second-order valence-electron chi connectivity index (χ2n) is 4.08. The molecule has 0 radical (unpaired) electrons. The standard InChI is InChI=1S/C10H16ClN3O/c1-7-5-3-4-6-14(7)10-13-12-9(15-10)8(2)11/h7-8H,3-6H2,1-2H3. The highest BCUT2D eigenvalue weighted by Gasteiger charge is 2.23. The molecule has 0 saturated carbocycles. The Labute approximate surface area is 94.6 Å². The maximum atomic E-state index is 5.88. The fourth-order valence-corrected chi connectivity index (χ4v) is 1.97. The van der Waals surface area contributed by atoms with Gasteiger partial charge in [0.05, 0.1) is 0 Å². The number of hydrogen-bond donors (Lipinski definition) is 0. The quantitative estimate of drug-likeness (QED) is 0.732. The Bertz CT molecular complexity index is 326. The highest BCUT2D eigenvalue weighted by Crippen LogP contribution is 2.26. The van der Waals surface area contributed by atoms with E-state index in [2.05, 4.69) is 22.0 Å². The van der Waals surface area contributed by atoms with E-state index in [4.69, 9.17) is 16.0 Å². The summed E-state index contributed by atoms with van der Waals surface area (Å²) in [7, 11) is 0. The van der Waals surface area contributed by atoms with Crippen molar-refractivity contribution in [3.63, 3.8) is 0 Å². The summed E-state index contributed by atoms with van der Waals surface area (Å²) in [6.45, 7) is 5.02. The summed E-state index contributed by atoms with van der Waals surface area (Å²) in [5.74, 6) is 0.504. The van der Waals surface area contributed by atoms with Crippen molar-refractivity contribution in [2.45, 2.75) is 44.5 Å². The van der Waals surface area contributed by atoms with Gasteiger partial charge in [0.25, 0.3) is 0 Å². The van der Waals surface area contributed by atoms with E-state index >= 15 is 0 Å². The second kappa shape index (κ2) is 4.39. The van der Waals surface area contributed by atoms with Gasteiger partial charge in [-0.3, -0.25) is 0 Å². The van der Waals surface area contributed by atoms with E-state index in [9.17, 15) is 0 Å². The van der Waals surface area contributed by atoms with E-state index < -0.39 is 0 Å². The summed E-state index contributed by atoms with van der Waals surface area (Å²) < 4.78 is 5.53. The zero-order valence-electron chi connectivity index (χ0n) is 9.11. The van der Waals surface area contributed by atoms with Crippen LogP contribution in [0.1, 0.15) is 44.4 Å². The first-order chi connectivity index (χ1) is 7.18. The van der Waals surface area contributed by atoms with Gasteiger partial charge >= 0.3 is 6.01 Å². The molecule has 1 aliphatic heterocycles. The molecule has 2 rings (SSSR count). The van der Waals surface area contributed by atoms with E-state index in [0.717, 1.165) is 6.54 Å². The van der Waals surface area contributed by atoms with Gasteiger partial charge in [-0.15, -0.1) is 16.7 Å². The lowest BCUT2D eigenvalue weighted by Gasteiger charge is -2.31. The first-order valence-corrected chi connectivity index (χ1v) is 5.86. The number of halogens is 1. The Morgan fingerprint density at radius 3 is 2.87 bits per heavy atom. The molecular formula is C10H16ClN3O. The summed E-state index contributed by atoms with van der Waals surface area (Å²) in [4.78, 5) is 2.17. The van der Waals surface area contributed by atoms with E-state index in [1.165, 1.54) is 19.3 Å². The third-order valence-electron chi connectivity index (χ3n) is 2.82. The van der Waals surface area contributed by atoms with Gasteiger partial charge in [0.2, 0.25) is 5.89 Å². The van der Waals surface area contributed by atoms with Crippen molar-refractivity contribution in [1.82, 2.24) is 10.2 Å². The molecule has 0 aromatic carbocycles. The van der Waals surface area contributed by atoms with Crippen LogP contribution in [0.5, 0.6) is 0 Å². The molecule has 0 amide bonds. The van der Waals surface area contributed by atoms with Crippen molar-refractivity contribution in [3.8, 4) is 0 Å². The lowest BCUT2D eigenvalue weighted by molar-refractivity contribution is 0.420. The molecule has 0 spiro atoms. The van der Waals surface area contributed by atoms with Gasteiger partial charge in [-0.05, 0) is 33.1 Å². The zero-order chi connectivity index (χ0) is 10.8. The Hall–Kier alpha value is -0.770. The molecule has 2 unspecified atom stereocenters. The van der Waals surface area contributed by atoms with Crippen LogP contribution < -0.4 is 4.90 Å². The van der Waals surface area contributed by atoms with Crippen LogP contribution in [0.4, 0.5) is 6.01 Å². The summed E-state index contributed by atoms with van der Waals surface area (Å²) in [5.41, 5.74) is 0. The highest BCUT2D eigenvalue weighted by atomic mass is 35.5. The Balaban J connectivity index is 2.13. The van der Waals surface area contributed by atoms with Crippen molar-refractivity contribution in [1.29, 1.82) is 0 Å². The second-order valence-corrected chi connectivity index (χ2v) is 4.73. The maximum absolute atomic E-state index is 5.88. The lowest BCUT2D eigenvalue weighted by atomic mass is 10.0. The van der Waals surface area contributed by atoms with Gasteiger partial charge in [-0.2, -0.15) is 0 Å². The van der Waals surface area contributed by atoms with Crippen molar-refractivity contribution in [2.24, 2.45) is 0 Å². The van der Waals surface area contributed by atoms with Crippen molar-refractivity contribution >= 4 is 17.6 Å². The zero-order valence-corrected chi connectivity index (χ0v) is 9.87. The van der Waals surface area contributed by atoms with Crippen LogP contribution >= 0.6 is 11.6 Å². The summed E-state index contributed by atoms with van der Waals surface area (Å²) in [6.07, 6.45) is 3.66. The number of hydrogen-bond acceptors (Lipinski definition) is 4. The normalized spacial score (nSPS) is 24.2. The minimum atomic E-state index is -0.216. The molecule has 2 heterocycles. The third kappa shape index (κ3) is 2.25. The van der Waals surface area contributed by atoms with Crippen LogP contribution in [-0.4, -0.2) is 22.8 Å². The van der Waals surface area contributed by atoms with Crippen molar-refractivity contribution in [3.05, 3.63) is 5.89 Å². The average Bonchev–Trinajstić information content (AvgIpc) is 2.67. The van der Waals surface area contributed by atoms with Gasteiger partial charge in [0.15, 0.2) is 0 Å². The van der Waals surface area contributed by atoms with Crippen LogP contribution in [0.2, 0.25) is 0 Å². The summed E-state index contributed by atoms with van der Waals surface area (Å²) >= 11 is 5.88. The van der Waals surface area contributed by atoms with Gasteiger partial charge in [0.1, 0.15) is 5.38 Å². The topological polar surface area (TPSA) is 42.2 Å². The monoisotopic (exact) mass is 229 g/mol. The maximum Gasteiger partial charge on any atom is 0.318 e. The SMILES string of the molecule is CC(Cl)c1nnc(N2CCCCC2C)o1. The third-order valence-corrected chi connectivity index (χ3v) is 3.01.